The average Bonchev–Trinajstić information content (AvgIpc) is 3.36. The zero-order chi connectivity index (χ0) is 26.6. The summed E-state index contributed by atoms with van der Waals surface area (Å²) in [5.74, 6) is 0.878. The van der Waals surface area contributed by atoms with Crippen LogP contribution in [-0.4, -0.2) is 34.8 Å². The largest absolute Gasteiger partial charge is 0.497 e. The zero-order valence-corrected chi connectivity index (χ0v) is 19.9. The van der Waals surface area contributed by atoms with Gasteiger partial charge in [-0.15, -0.1) is 0 Å². The molecule has 0 bridgehead atoms. The molecule has 4 rings (SSSR count). The van der Waals surface area contributed by atoms with E-state index in [1.54, 1.807) is 50.6 Å². The van der Waals surface area contributed by atoms with Crippen molar-refractivity contribution in [2.24, 2.45) is 0 Å². The van der Waals surface area contributed by atoms with Crippen molar-refractivity contribution in [2.45, 2.75) is 19.2 Å². The van der Waals surface area contributed by atoms with Crippen LogP contribution in [0.4, 0.5) is 13.2 Å². The van der Waals surface area contributed by atoms with Crippen molar-refractivity contribution in [3.8, 4) is 28.6 Å². The Morgan fingerprint density at radius 2 is 1.70 bits per heavy atom. The number of aromatic nitrogens is 2. The van der Waals surface area contributed by atoms with Crippen LogP contribution in [-0.2, 0) is 11.0 Å². The molecule has 1 unspecified atom stereocenters. The third-order valence-electron chi connectivity index (χ3n) is 5.53. The molecule has 0 saturated carbocycles. The normalized spacial score (nSPS) is 12.1. The summed E-state index contributed by atoms with van der Waals surface area (Å²) >= 11 is 0. The Bertz CT molecular complexity index is 1370. The van der Waals surface area contributed by atoms with Gasteiger partial charge in [0.2, 0.25) is 0 Å². The summed E-state index contributed by atoms with van der Waals surface area (Å²) in [6, 6.07) is 17.0. The van der Waals surface area contributed by atoms with Gasteiger partial charge in [-0.3, -0.25) is 0 Å². The third kappa shape index (κ3) is 6.21. The van der Waals surface area contributed by atoms with Gasteiger partial charge in [0.25, 0.3) is 0 Å². The van der Waals surface area contributed by atoms with E-state index in [9.17, 15) is 18.0 Å². The van der Waals surface area contributed by atoms with Crippen LogP contribution in [0.15, 0.2) is 72.9 Å². The summed E-state index contributed by atoms with van der Waals surface area (Å²) in [5, 5.41) is 8.84. The number of hydrogen-bond acceptors (Lipinski definition) is 5. The van der Waals surface area contributed by atoms with Crippen LogP contribution in [0, 0.1) is 6.92 Å². The highest BCUT2D eigenvalue weighted by Gasteiger charge is 2.30. The first-order valence-electron chi connectivity index (χ1n) is 11.1. The molecule has 37 heavy (non-hydrogen) atoms. The number of methoxy groups -OCH3 is 1. The minimum Gasteiger partial charge on any atom is -0.497 e. The van der Waals surface area contributed by atoms with E-state index in [0.29, 0.717) is 39.9 Å². The van der Waals surface area contributed by atoms with Crippen molar-refractivity contribution in [3.63, 3.8) is 0 Å². The number of halogens is 3. The van der Waals surface area contributed by atoms with E-state index in [1.807, 2.05) is 12.1 Å². The van der Waals surface area contributed by atoms with Gasteiger partial charge in [0, 0.05) is 5.56 Å². The maximum atomic E-state index is 12.9. The number of hydrogen-bond donors (Lipinski definition) is 2. The molecule has 192 valence electrons. The lowest BCUT2D eigenvalue weighted by Gasteiger charge is -2.20. The lowest BCUT2D eigenvalue weighted by Crippen LogP contribution is -2.11. The number of benzene rings is 3. The summed E-state index contributed by atoms with van der Waals surface area (Å²) in [6.07, 6.45) is -3.50. The van der Waals surface area contributed by atoms with Crippen LogP contribution in [0.25, 0.3) is 11.4 Å². The molecule has 2 N–H and O–H groups in total. The van der Waals surface area contributed by atoms with Crippen molar-refractivity contribution in [3.05, 3.63) is 95.3 Å². The van der Waals surface area contributed by atoms with Gasteiger partial charge in [-0.2, -0.15) is 13.2 Å². The number of ether oxygens (including phenoxy) is 3. The van der Waals surface area contributed by atoms with E-state index in [2.05, 4.69) is 9.97 Å². The number of carboxylic acids is 1. The van der Waals surface area contributed by atoms with Crippen molar-refractivity contribution in [1.82, 2.24) is 9.97 Å². The first-order valence-corrected chi connectivity index (χ1v) is 11.1. The van der Waals surface area contributed by atoms with Gasteiger partial charge in [-0.05, 0) is 60.5 Å². The molecule has 0 amide bonds. The number of alkyl halides is 3. The van der Waals surface area contributed by atoms with Gasteiger partial charge >= 0.3 is 12.1 Å². The van der Waals surface area contributed by atoms with Crippen LogP contribution in [0.3, 0.4) is 0 Å². The molecule has 0 aliphatic carbocycles. The topological polar surface area (TPSA) is 93.7 Å². The standard InChI is InChI=1S/C27H23F3N2O5/c1-16-13-21(11-12-23(16)36-15-24(33)34)37-25(17-5-9-20(35-2)10-6-17)22-14-31-26(32-22)18-3-7-19(8-4-18)27(28,29)30/h3-14,25H,15H2,1-2H3,(H,31,32)(H,33,34). The minimum atomic E-state index is -4.42. The van der Waals surface area contributed by atoms with E-state index >= 15 is 0 Å². The molecule has 1 atom stereocenters. The molecule has 10 heteroatoms. The van der Waals surface area contributed by atoms with Crippen molar-refractivity contribution < 1.29 is 37.3 Å². The van der Waals surface area contributed by atoms with Crippen LogP contribution in [0.1, 0.15) is 28.5 Å². The van der Waals surface area contributed by atoms with Gasteiger partial charge in [-0.1, -0.05) is 24.3 Å². The third-order valence-corrected chi connectivity index (χ3v) is 5.53. The molecule has 0 radical (unpaired) electrons. The number of aryl methyl sites for hydroxylation is 1. The highest BCUT2D eigenvalue weighted by atomic mass is 19.4. The lowest BCUT2D eigenvalue weighted by atomic mass is 10.1. The van der Waals surface area contributed by atoms with Crippen LogP contribution >= 0.6 is 0 Å². The molecule has 0 saturated heterocycles. The van der Waals surface area contributed by atoms with E-state index in [4.69, 9.17) is 19.3 Å². The average molecular weight is 512 g/mol. The Morgan fingerprint density at radius 1 is 1.03 bits per heavy atom. The second kappa shape index (κ2) is 10.7. The Hall–Kier alpha value is -4.47. The summed E-state index contributed by atoms with van der Waals surface area (Å²) < 4.78 is 55.6. The SMILES string of the molecule is COc1ccc(C(Oc2ccc(OCC(=O)O)c(C)c2)c2cnc(-c3ccc(C(F)(F)F)cc3)[nH]2)cc1. The number of carbonyl (C=O) groups is 1. The molecule has 0 spiro atoms. The number of nitrogens with zero attached hydrogens (tertiary/aromatic N) is 1. The fourth-order valence-corrected chi connectivity index (χ4v) is 3.65. The van der Waals surface area contributed by atoms with Crippen molar-refractivity contribution in [1.29, 1.82) is 0 Å². The summed E-state index contributed by atoms with van der Waals surface area (Å²) in [4.78, 5) is 18.3. The van der Waals surface area contributed by atoms with E-state index < -0.39 is 30.4 Å². The fraction of sp³-hybridized carbons (Fsp3) is 0.185. The quantitative estimate of drug-likeness (QED) is 0.284. The maximum Gasteiger partial charge on any atom is 0.416 e. The monoisotopic (exact) mass is 512 g/mol. The molecule has 0 fully saturated rings. The lowest BCUT2D eigenvalue weighted by molar-refractivity contribution is -0.139. The molecule has 4 aromatic rings. The first-order chi connectivity index (χ1) is 17.6. The molecular formula is C27H23F3N2O5. The Labute approximate surface area is 210 Å². The molecule has 0 aliphatic heterocycles. The van der Waals surface area contributed by atoms with Crippen molar-refractivity contribution in [2.75, 3.05) is 13.7 Å². The molecule has 7 nitrogen and oxygen atoms in total. The zero-order valence-electron chi connectivity index (χ0n) is 19.9. The predicted molar refractivity (Wildman–Crippen MR) is 129 cm³/mol. The fourth-order valence-electron chi connectivity index (χ4n) is 3.65. The number of H-pyrrole nitrogens is 1. The van der Waals surface area contributed by atoms with Gasteiger partial charge in [-0.25, -0.2) is 9.78 Å². The van der Waals surface area contributed by atoms with Crippen LogP contribution in [0.5, 0.6) is 17.2 Å². The second-order valence-corrected chi connectivity index (χ2v) is 8.14. The molecule has 3 aromatic carbocycles. The van der Waals surface area contributed by atoms with Crippen LogP contribution < -0.4 is 14.2 Å². The van der Waals surface area contributed by atoms with E-state index in [-0.39, 0.29) is 0 Å². The van der Waals surface area contributed by atoms with E-state index in [0.717, 1.165) is 17.7 Å². The first kappa shape index (κ1) is 25.6. The number of carboxylic acid groups (broad SMARTS) is 1. The highest BCUT2D eigenvalue weighted by Crippen LogP contribution is 2.33. The van der Waals surface area contributed by atoms with Gasteiger partial charge < -0.3 is 24.3 Å². The van der Waals surface area contributed by atoms with Crippen LogP contribution in [0.2, 0.25) is 0 Å². The number of aliphatic carboxylic acids is 1. The highest BCUT2D eigenvalue weighted by molar-refractivity contribution is 5.68. The van der Waals surface area contributed by atoms with E-state index in [1.165, 1.54) is 12.1 Å². The summed E-state index contributed by atoms with van der Waals surface area (Å²) in [5.41, 5.74) is 1.77. The molecule has 1 aromatic heterocycles. The summed E-state index contributed by atoms with van der Waals surface area (Å²) in [6.45, 7) is 1.31. The molecule has 1 heterocycles. The number of aromatic amines is 1. The van der Waals surface area contributed by atoms with Gasteiger partial charge in [0.15, 0.2) is 12.7 Å². The Kier molecular flexibility index (Phi) is 7.37. The number of nitrogens with one attached hydrogen (secondary N) is 1. The molecule has 0 aliphatic rings. The summed E-state index contributed by atoms with van der Waals surface area (Å²) in [7, 11) is 1.56. The smallest absolute Gasteiger partial charge is 0.416 e. The Morgan fingerprint density at radius 3 is 2.30 bits per heavy atom. The molecular weight excluding hydrogens is 489 g/mol. The Balaban J connectivity index is 1.64. The number of imidazole rings is 1. The minimum absolute atomic E-state index is 0.388. The number of rotatable bonds is 9. The van der Waals surface area contributed by atoms with Gasteiger partial charge in [0.1, 0.15) is 23.1 Å². The van der Waals surface area contributed by atoms with Crippen molar-refractivity contribution >= 4 is 5.97 Å². The van der Waals surface area contributed by atoms with Gasteiger partial charge in [0.05, 0.1) is 24.6 Å². The predicted octanol–water partition coefficient (Wildman–Crippen LogP) is 6.04. The second-order valence-electron chi connectivity index (χ2n) is 8.14. The maximum absolute atomic E-state index is 12.9.